The van der Waals surface area contributed by atoms with Crippen molar-refractivity contribution in [3.8, 4) is 23.1 Å². The fourth-order valence-corrected chi connectivity index (χ4v) is 6.09. The van der Waals surface area contributed by atoms with E-state index in [0.717, 1.165) is 29.3 Å². The molecule has 0 spiro atoms. The number of nitriles is 1. The molecule has 2 heterocycles. The van der Waals surface area contributed by atoms with E-state index in [0.29, 0.717) is 24.8 Å². The predicted octanol–water partition coefficient (Wildman–Crippen LogP) is 5.50. The third-order valence-electron chi connectivity index (χ3n) is 6.83. The highest BCUT2D eigenvalue weighted by molar-refractivity contribution is 7.91. The first-order chi connectivity index (χ1) is 19.1. The highest BCUT2D eigenvalue weighted by Crippen LogP contribution is 2.31. The molecule has 2 aromatic heterocycles. The second-order valence-electron chi connectivity index (χ2n) is 9.40. The Hall–Kier alpha value is -4.36. The fourth-order valence-electron chi connectivity index (χ4n) is 4.74. The van der Waals surface area contributed by atoms with E-state index in [2.05, 4.69) is 9.97 Å². The van der Waals surface area contributed by atoms with Gasteiger partial charge in [-0.3, -0.25) is 14.3 Å². The number of sulfone groups is 1. The van der Waals surface area contributed by atoms with Gasteiger partial charge in [0.05, 0.1) is 16.5 Å². The molecule has 0 fully saturated rings. The number of nitrogens with zero attached hydrogens (tertiary/aromatic N) is 4. The van der Waals surface area contributed by atoms with Gasteiger partial charge in [0.1, 0.15) is 17.7 Å². The number of pyridine rings is 1. The highest BCUT2D eigenvalue weighted by Gasteiger charge is 2.31. The second-order valence-corrected chi connectivity index (χ2v) is 11.3. The quantitative estimate of drug-likeness (QED) is 0.286. The molecule has 0 aliphatic carbocycles. The lowest BCUT2D eigenvalue weighted by atomic mass is 10.0. The van der Waals surface area contributed by atoms with Gasteiger partial charge in [-0.2, -0.15) is 10.2 Å². The second kappa shape index (κ2) is 11.8. The molecule has 0 saturated heterocycles. The van der Waals surface area contributed by atoms with Crippen molar-refractivity contribution in [2.24, 2.45) is 0 Å². The number of hydrogen-bond donors (Lipinski definition) is 1. The van der Waals surface area contributed by atoms with E-state index in [1.807, 2.05) is 19.9 Å². The summed E-state index contributed by atoms with van der Waals surface area (Å²) >= 11 is 0. The van der Waals surface area contributed by atoms with Gasteiger partial charge in [0, 0.05) is 23.9 Å². The SMILES string of the molecule is CCCCc1nc(O)c(S(=O)(=O)c2ccc(-c3cccnc3C)cc2)c(=O)n1C(CC)c1ccc(F)c(C#N)c1. The Morgan fingerprint density at radius 1 is 1.12 bits per heavy atom. The Labute approximate surface area is 232 Å². The molecule has 1 atom stereocenters. The average Bonchev–Trinajstić information content (AvgIpc) is 2.94. The maximum Gasteiger partial charge on any atom is 0.277 e. The van der Waals surface area contributed by atoms with E-state index in [9.17, 15) is 28.0 Å². The smallest absolute Gasteiger partial charge is 0.277 e. The van der Waals surface area contributed by atoms with Crippen LogP contribution in [0.25, 0.3) is 11.1 Å². The minimum Gasteiger partial charge on any atom is -0.492 e. The minimum atomic E-state index is -4.49. The molecule has 0 aliphatic rings. The summed E-state index contributed by atoms with van der Waals surface area (Å²) in [6.45, 7) is 5.58. The monoisotopic (exact) mass is 560 g/mol. The van der Waals surface area contributed by atoms with Crippen molar-refractivity contribution in [3.63, 3.8) is 0 Å². The molecule has 1 N–H and O–H groups in total. The molecule has 40 heavy (non-hydrogen) atoms. The molecule has 0 saturated carbocycles. The minimum absolute atomic E-state index is 0.179. The summed E-state index contributed by atoms with van der Waals surface area (Å²) in [5.74, 6) is -1.36. The molecule has 4 rings (SSSR count). The molecule has 4 aromatic rings. The van der Waals surface area contributed by atoms with Crippen LogP contribution in [0.1, 0.15) is 61.8 Å². The fraction of sp³-hybridized carbons (Fsp3) is 0.267. The van der Waals surface area contributed by atoms with Crippen molar-refractivity contribution in [1.29, 1.82) is 5.26 Å². The molecule has 206 valence electrons. The topological polar surface area (TPSA) is 126 Å². The summed E-state index contributed by atoms with van der Waals surface area (Å²) in [5.41, 5.74) is 1.68. The van der Waals surface area contributed by atoms with Crippen LogP contribution >= 0.6 is 0 Å². The third-order valence-corrected chi connectivity index (χ3v) is 8.62. The van der Waals surface area contributed by atoms with Gasteiger partial charge in [0.15, 0.2) is 4.90 Å². The van der Waals surface area contributed by atoms with Crippen LogP contribution in [0.2, 0.25) is 0 Å². The first-order valence-corrected chi connectivity index (χ1v) is 14.4. The van der Waals surface area contributed by atoms with Crippen LogP contribution in [0.5, 0.6) is 5.88 Å². The lowest BCUT2D eigenvalue weighted by molar-refractivity contribution is 0.406. The normalized spacial score (nSPS) is 12.2. The van der Waals surface area contributed by atoms with Gasteiger partial charge < -0.3 is 5.11 Å². The molecule has 0 aliphatic heterocycles. The molecule has 1 unspecified atom stereocenters. The maximum atomic E-state index is 14.1. The van der Waals surface area contributed by atoms with Crippen LogP contribution in [-0.4, -0.2) is 28.1 Å². The number of unbranched alkanes of at least 4 members (excludes halogenated alkanes) is 1. The Kier molecular flexibility index (Phi) is 8.45. The predicted molar refractivity (Wildman–Crippen MR) is 148 cm³/mol. The summed E-state index contributed by atoms with van der Waals surface area (Å²) in [6.07, 6.45) is 3.70. The molecule has 2 aromatic carbocycles. The molecule has 0 radical (unpaired) electrons. The molecular formula is C30H29FN4O4S. The molecule has 8 nitrogen and oxygen atoms in total. The van der Waals surface area contributed by atoms with Crippen LogP contribution in [0, 0.1) is 24.1 Å². The van der Waals surface area contributed by atoms with Crippen LogP contribution in [0.3, 0.4) is 0 Å². The average molecular weight is 561 g/mol. The van der Waals surface area contributed by atoms with Crippen LogP contribution in [0.4, 0.5) is 4.39 Å². The number of aromatic hydroxyl groups is 1. The Balaban J connectivity index is 1.89. The summed E-state index contributed by atoms with van der Waals surface area (Å²) in [5, 5.41) is 20.1. The molecular weight excluding hydrogens is 531 g/mol. The van der Waals surface area contributed by atoms with Crippen molar-refractivity contribution in [2.45, 2.75) is 62.3 Å². The van der Waals surface area contributed by atoms with Crippen molar-refractivity contribution in [1.82, 2.24) is 14.5 Å². The summed E-state index contributed by atoms with van der Waals surface area (Å²) in [7, 11) is -4.49. The molecule has 0 amide bonds. The van der Waals surface area contributed by atoms with E-state index in [4.69, 9.17) is 0 Å². The van der Waals surface area contributed by atoms with Gasteiger partial charge in [0.2, 0.25) is 15.7 Å². The summed E-state index contributed by atoms with van der Waals surface area (Å²) < 4.78 is 42.8. The zero-order valence-corrected chi connectivity index (χ0v) is 23.2. The summed E-state index contributed by atoms with van der Waals surface area (Å²) in [6, 6.07) is 14.6. The van der Waals surface area contributed by atoms with Crippen molar-refractivity contribution >= 4 is 9.84 Å². The largest absolute Gasteiger partial charge is 0.492 e. The highest BCUT2D eigenvalue weighted by atomic mass is 32.2. The Morgan fingerprint density at radius 2 is 1.85 bits per heavy atom. The number of benzene rings is 2. The van der Waals surface area contributed by atoms with E-state index in [1.165, 1.54) is 28.8 Å². The lowest BCUT2D eigenvalue weighted by Gasteiger charge is -2.23. The zero-order valence-electron chi connectivity index (χ0n) is 22.4. The number of aryl methyl sites for hydroxylation is 2. The summed E-state index contributed by atoms with van der Waals surface area (Å²) in [4.78, 5) is 21.4. The Morgan fingerprint density at radius 3 is 2.48 bits per heavy atom. The molecule has 0 bridgehead atoms. The van der Waals surface area contributed by atoms with Gasteiger partial charge in [-0.15, -0.1) is 0 Å². The number of hydrogen-bond acceptors (Lipinski definition) is 7. The van der Waals surface area contributed by atoms with Gasteiger partial charge in [0.25, 0.3) is 5.56 Å². The number of aromatic nitrogens is 3. The van der Waals surface area contributed by atoms with Crippen molar-refractivity contribution in [2.75, 3.05) is 0 Å². The number of halogens is 1. The van der Waals surface area contributed by atoms with E-state index >= 15 is 0 Å². The first-order valence-electron chi connectivity index (χ1n) is 12.9. The van der Waals surface area contributed by atoms with E-state index in [1.54, 1.807) is 37.4 Å². The van der Waals surface area contributed by atoms with Crippen LogP contribution in [-0.2, 0) is 16.3 Å². The third kappa shape index (κ3) is 5.38. The lowest BCUT2D eigenvalue weighted by Crippen LogP contribution is -2.33. The van der Waals surface area contributed by atoms with Gasteiger partial charge in [-0.25, -0.2) is 12.8 Å². The van der Waals surface area contributed by atoms with Gasteiger partial charge in [-0.1, -0.05) is 44.5 Å². The van der Waals surface area contributed by atoms with Gasteiger partial charge >= 0.3 is 0 Å². The molecule has 10 heteroatoms. The maximum absolute atomic E-state index is 14.1. The van der Waals surface area contributed by atoms with Gasteiger partial charge in [-0.05, 0) is 61.2 Å². The first kappa shape index (κ1) is 28.6. The van der Waals surface area contributed by atoms with Crippen molar-refractivity contribution in [3.05, 3.63) is 99.6 Å². The Bertz CT molecular complexity index is 1760. The van der Waals surface area contributed by atoms with E-state index < -0.39 is 38.0 Å². The van der Waals surface area contributed by atoms with E-state index in [-0.39, 0.29) is 16.3 Å². The van der Waals surface area contributed by atoms with Crippen LogP contribution < -0.4 is 5.56 Å². The zero-order chi connectivity index (χ0) is 29.0. The number of rotatable bonds is 9. The standard InChI is InChI=1S/C30H29FN4O4S/c1-4-6-9-27-34-29(36)28(30(37)35(27)26(5-2)21-12-15-25(31)22(17-21)18-32)40(38,39)23-13-10-20(11-14-23)24-8-7-16-33-19(24)3/h7-8,10-17,26,36H,4-6,9H2,1-3H3. The van der Waals surface area contributed by atoms with Crippen LogP contribution in [0.15, 0.2) is 75.4 Å². The van der Waals surface area contributed by atoms with Crippen molar-refractivity contribution < 1.29 is 17.9 Å².